The number of nitrogens with zero attached hydrogens (tertiary/aromatic N) is 4. The number of rotatable bonds is 4. The van der Waals surface area contributed by atoms with Crippen molar-refractivity contribution in [3.05, 3.63) is 52.4 Å². The average molecular weight is 415 g/mol. The summed E-state index contributed by atoms with van der Waals surface area (Å²) in [7, 11) is 0. The molecule has 0 bridgehead atoms. The summed E-state index contributed by atoms with van der Waals surface area (Å²) < 4.78 is 14.4. The molecule has 2 aromatic rings. The molecule has 0 N–H and O–H groups in total. The van der Waals surface area contributed by atoms with Crippen LogP contribution in [0.1, 0.15) is 49.1 Å². The maximum atomic E-state index is 14.4. The largest absolute Gasteiger partial charge is 0.355 e. The van der Waals surface area contributed by atoms with Crippen LogP contribution >= 0.6 is 11.6 Å². The Hall–Kier alpha value is -2.21. The second-order valence-electron chi connectivity index (χ2n) is 8.76. The van der Waals surface area contributed by atoms with Crippen molar-refractivity contribution < 1.29 is 9.18 Å². The van der Waals surface area contributed by atoms with E-state index in [1.807, 2.05) is 23.1 Å². The Morgan fingerprint density at radius 3 is 2.59 bits per heavy atom. The fraction of sp³-hybridized carbons (Fsp3) is 0.500. The predicted molar refractivity (Wildman–Crippen MR) is 109 cm³/mol. The highest BCUT2D eigenvalue weighted by molar-refractivity contribution is 6.29. The third kappa shape index (κ3) is 3.82. The van der Waals surface area contributed by atoms with Gasteiger partial charge in [-0.1, -0.05) is 23.7 Å². The predicted octanol–water partition coefficient (Wildman–Crippen LogP) is 4.17. The molecule has 2 saturated heterocycles. The minimum atomic E-state index is -0.122. The number of carbonyl (C=O) groups excluding carboxylic acids is 1. The van der Waals surface area contributed by atoms with E-state index in [-0.39, 0.29) is 17.1 Å². The van der Waals surface area contributed by atoms with Gasteiger partial charge in [-0.25, -0.2) is 4.39 Å². The summed E-state index contributed by atoms with van der Waals surface area (Å²) in [6.45, 7) is 2.94. The summed E-state index contributed by atoms with van der Waals surface area (Å²) in [5, 5.41) is 8.48. The number of halogens is 2. The molecule has 1 aromatic carbocycles. The van der Waals surface area contributed by atoms with Crippen molar-refractivity contribution >= 4 is 23.3 Å². The lowest BCUT2D eigenvalue weighted by molar-refractivity contribution is -0.128. The van der Waals surface area contributed by atoms with Crippen LogP contribution in [0.4, 0.5) is 10.2 Å². The van der Waals surface area contributed by atoms with Crippen molar-refractivity contribution in [3.8, 4) is 0 Å². The fourth-order valence-corrected chi connectivity index (χ4v) is 4.86. The minimum absolute atomic E-state index is 0.0138. The topological polar surface area (TPSA) is 49.3 Å². The van der Waals surface area contributed by atoms with E-state index in [4.69, 9.17) is 11.6 Å². The molecule has 5 rings (SSSR count). The Balaban J connectivity index is 1.22. The number of carbonyl (C=O) groups is 1. The average Bonchev–Trinajstić information content (AvgIpc) is 3.49. The number of piperidine rings is 1. The molecule has 1 spiro atoms. The molecule has 5 nitrogen and oxygen atoms in total. The summed E-state index contributed by atoms with van der Waals surface area (Å²) >= 11 is 5.83. The zero-order valence-electron chi connectivity index (χ0n) is 16.3. The van der Waals surface area contributed by atoms with Crippen molar-refractivity contribution in [2.24, 2.45) is 5.41 Å². The Morgan fingerprint density at radius 2 is 1.93 bits per heavy atom. The van der Waals surface area contributed by atoms with Crippen molar-refractivity contribution in [2.75, 3.05) is 24.5 Å². The van der Waals surface area contributed by atoms with Gasteiger partial charge < -0.3 is 9.80 Å². The first-order valence-corrected chi connectivity index (χ1v) is 10.7. The van der Waals surface area contributed by atoms with Gasteiger partial charge in [0.15, 0.2) is 11.0 Å². The van der Waals surface area contributed by atoms with E-state index >= 15 is 0 Å². The number of likely N-dealkylation sites (tertiary alicyclic amines) is 1. The van der Waals surface area contributed by atoms with E-state index in [0.29, 0.717) is 24.0 Å². The summed E-state index contributed by atoms with van der Waals surface area (Å²) in [6.07, 6.45) is 4.63. The van der Waals surface area contributed by atoms with Crippen LogP contribution in [-0.4, -0.2) is 40.6 Å². The van der Waals surface area contributed by atoms with Crippen LogP contribution < -0.4 is 4.90 Å². The molecule has 3 heterocycles. The van der Waals surface area contributed by atoms with Gasteiger partial charge in [0.05, 0.1) is 0 Å². The zero-order chi connectivity index (χ0) is 20.0. The van der Waals surface area contributed by atoms with E-state index in [0.717, 1.165) is 62.3 Å². The smallest absolute Gasteiger partial charge is 0.223 e. The van der Waals surface area contributed by atoms with Gasteiger partial charge >= 0.3 is 0 Å². The summed E-state index contributed by atoms with van der Waals surface area (Å²) in [5.41, 5.74) is 1.72. The molecular formula is C22H24ClFN4O. The first-order valence-electron chi connectivity index (χ1n) is 10.3. The fourth-order valence-electron chi connectivity index (χ4n) is 4.76. The molecule has 7 heteroatoms. The van der Waals surface area contributed by atoms with Crippen LogP contribution in [0.3, 0.4) is 0 Å². The van der Waals surface area contributed by atoms with Gasteiger partial charge in [-0.3, -0.25) is 4.79 Å². The number of aromatic nitrogens is 2. The van der Waals surface area contributed by atoms with E-state index in [1.54, 1.807) is 12.1 Å². The second-order valence-corrected chi connectivity index (χ2v) is 9.15. The molecule has 152 valence electrons. The number of amides is 1. The highest BCUT2D eigenvalue weighted by atomic mass is 35.5. The number of anilines is 1. The van der Waals surface area contributed by atoms with Gasteiger partial charge in [0.25, 0.3) is 0 Å². The first-order chi connectivity index (χ1) is 14.0. The third-order valence-electron chi connectivity index (χ3n) is 6.63. The Morgan fingerprint density at radius 1 is 1.14 bits per heavy atom. The van der Waals surface area contributed by atoms with Gasteiger partial charge in [0, 0.05) is 38.0 Å². The van der Waals surface area contributed by atoms with E-state index < -0.39 is 0 Å². The molecule has 1 saturated carbocycles. The van der Waals surface area contributed by atoms with Crippen LogP contribution in [-0.2, 0) is 11.3 Å². The van der Waals surface area contributed by atoms with Crippen LogP contribution in [0.25, 0.3) is 0 Å². The molecule has 1 aliphatic carbocycles. The van der Waals surface area contributed by atoms with Crippen molar-refractivity contribution in [2.45, 2.75) is 44.6 Å². The number of hydrogen-bond donors (Lipinski definition) is 0. The second kappa shape index (κ2) is 7.24. The van der Waals surface area contributed by atoms with E-state index in [2.05, 4.69) is 15.1 Å². The van der Waals surface area contributed by atoms with Crippen LogP contribution in [0.15, 0.2) is 30.3 Å². The molecule has 0 unspecified atom stereocenters. The normalized spacial score (nSPS) is 21.2. The monoisotopic (exact) mass is 414 g/mol. The van der Waals surface area contributed by atoms with E-state index in [9.17, 15) is 9.18 Å². The molecule has 29 heavy (non-hydrogen) atoms. The van der Waals surface area contributed by atoms with Gasteiger partial charge in [-0.15, -0.1) is 10.2 Å². The van der Waals surface area contributed by atoms with Crippen molar-refractivity contribution in [1.29, 1.82) is 0 Å². The molecule has 0 atom stereocenters. The molecule has 2 aliphatic heterocycles. The Labute approximate surface area is 174 Å². The maximum Gasteiger partial charge on any atom is 0.223 e. The van der Waals surface area contributed by atoms with Crippen LogP contribution in [0.5, 0.6) is 0 Å². The molecule has 0 radical (unpaired) electrons. The third-order valence-corrected chi connectivity index (χ3v) is 6.83. The highest BCUT2D eigenvalue weighted by Crippen LogP contribution is 2.43. The maximum absolute atomic E-state index is 14.4. The highest BCUT2D eigenvalue weighted by Gasteiger charge is 2.45. The number of hydrogen-bond acceptors (Lipinski definition) is 4. The SMILES string of the molecule is O=C1CC2(CCN(c3ccc(Cl)nn3)CC2)CN1Cc1ccc(C2CC2)c(F)c1. The lowest BCUT2D eigenvalue weighted by Gasteiger charge is -2.39. The Bertz CT molecular complexity index is 923. The van der Waals surface area contributed by atoms with E-state index in [1.165, 1.54) is 0 Å². The molecule has 3 fully saturated rings. The molecule has 1 aromatic heterocycles. The summed E-state index contributed by atoms with van der Waals surface area (Å²) in [4.78, 5) is 16.8. The molecule has 1 amide bonds. The quantitative estimate of drug-likeness (QED) is 0.753. The summed E-state index contributed by atoms with van der Waals surface area (Å²) in [5.74, 6) is 1.29. The lowest BCUT2D eigenvalue weighted by atomic mass is 9.77. The van der Waals surface area contributed by atoms with Crippen molar-refractivity contribution in [1.82, 2.24) is 15.1 Å². The van der Waals surface area contributed by atoms with Crippen LogP contribution in [0.2, 0.25) is 5.15 Å². The molecular weight excluding hydrogens is 391 g/mol. The first kappa shape index (κ1) is 18.8. The van der Waals surface area contributed by atoms with Gasteiger partial charge in [-0.05, 0) is 60.9 Å². The zero-order valence-corrected chi connectivity index (χ0v) is 17.0. The Kier molecular flexibility index (Phi) is 4.69. The van der Waals surface area contributed by atoms with Gasteiger partial charge in [0.1, 0.15) is 5.82 Å². The minimum Gasteiger partial charge on any atom is -0.355 e. The molecule has 3 aliphatic rings. The van der Waals surface area contributed by atoms with Crippen LogP contribution in [0, 0.1) is 11.2 Å². The lowest BCUT2D eigenvalue weighted by Crippen LogP contribution is -2.42. The standard InChI is InChI=1S/C22H24ClFN4O/c23-19-5-6-20(26-25-19)27-9-7-22(8-10-27)12-21(29)28(14-22)13-15-1-4-17(16-2-3-16)18(24)11-15/h1,4-6,11,16H,2-3,7-10,12-14H2. The van der Waals surface area contributed by atoms with Gasteiger partial charge in [-0.2, -0.15) is 0 Å². The summed E-state index contributed by atoms with van der Waals surface area (Å²) in [6, 6.07) is 9.15. The number of benzene rings is 1. The van der Waals surface area contributed by atoms with Gasteiger partial charge in [0.2, 0.25) is 5.91 Å². The van der Waals surface area contributed by atoms with Crippen molar-refractivity contribution in [3.63, 3.8) is 0 Å².